The number of nitrogens with zero attached hydrogens (tertiary/aromatic N) is 1. The first-order chi connectivity index (χ1) is 10.8. The number of rotatable bonds is 7. The first kappa shape index (κ1) is 17.7. The molecule has 1 aliphatic carbocycles. The van der Waals surface area contributed by atoms with E-state index < -0.39 is 17.7 Å². The Labute approximate surface area is 133 Å². The molecule has 0 spiro atoms. The van der Waals surface area contributed by atoms with E-state index in [1.54, 1.807) is 6.07 Å². The molecule has 0 unspecified atom stereocenters. The minimum Gasteiger partial charge on any atom is -0.480 e. The molecular formula is C16H21F3N2O2. The van der Waals surface area contributed by atoms with E-state index in [0.717, 1.165) is 18.9 Å². The summed E-state index contributed by atoms with van der Waals surface area (Å²) in [5.41, 5.74) is -0.370. The quantitative estimate of drug-likeness (QED) is 0.807. The van der Waals surface area contributed by atoms with Crippen molar-refractivity contribution in [1.29, 1.82) is 0 Å². The predicted octanol–water partition coefficient (Wildman–Crippen LogP) is 2.73. The topological polar surface area (TPSA) is 52.6 Å². The van der Waals surface area contributed by atoms with Gasteiger partial charge in [-0.15, -0.1) is 0 Å². The second kappa shape index (κ2) is 7.31. The molecule has 7 heteroatoms. The van der Waals surface area contributed by atoms with Gasteiger partial charge in [-0.3, -0.25) is 9.69 Å². The van der Waals surface area contributed by atoms with Gasteiger partial charge in [0.2, 0.25) is 0 Å². The highest BCUT2D eigenvalue weighted by Gasteiger charge is 2.35. The maximum Gasteiger partial charge on any atom is 0.416 e. The molecule has 1 saturated carbocycles. The lowest BCUT2D eigenvalue weighted by atomic mass is 9.85. The van der Waals surface area contributed by atoms with Crippen LogP contribution >= 0.6 is 0 Å². The molecule has 1 aliphatic rings. The maximum absolute atomic E-state index is 12.9. The summed E-state index contributed by atoms with van der Waals surface area (Å²) in [5.74, 6) is -0.859. The Balaban J connectivity index is 1.85. The van der Waals surface area contributed by atoms with E-state index in [1.165, 1.54) is 12.1 Å². The van der Waals surface area contributed by atoms with Crippen LogP contribution in [0.5, 0.6) is 0 Å². The molecule has 2 N–H and O–H groups in total. The van der Waals surface area contributed by atoms with E-state index in [0.29, 0.717) is 6.54 Å². The molecule has 0 bridgehead atoms. The molecule has 2 rings (SSSR count). The van der Waals surface area contributed by atoms with Crippen molar-refractivity contribution in [3.05, 3.63) is 35.4 Å². The second-order valence-electron chi connectivity index (χ2n) is 5.81. The Kier molecular flexibility index (Phi) is 5.64. The molecule has 0 aromatic heterocycles. The fourth-order valence-electron chi connectivity index (χ4n) is 2.93. The fourth-order valence-corrected chi connectivity index (χ4v) is 2.93. The third-order valence-corrected chi connectivity index (χ3v) is 4.28. The molecule has 0 aliphatic heterocycles. The van der Waals surface area contributed by atoms with Crippen LogP contribution in [0.3, 0.4) is 0 Å². The summed E-state index contributed by atoms with van der Waals surface area (Å²) in [6, 6.07) is 5.87. The zero-order valence-corrected chi connectivity index (χ0v) is 12.9. The van der Waals surface area contributed by atoms with Crippen LogP contribution in [-0.2, 0) is 17.5 Å². The van der Waals surface area contributed by atoms with Crippen molar-refractivity contribution in [3.63, 3.8) is 0 Å². The van der Waals surface area contributed by atoms with Gasteiger partial charge in [0.05, 0.1) is 12.1 Å². The highest BCUT2D eigenvalue weighted by molar-refractivity contribution is 5.69. The number of benzene rings is 1. The Hall–Kier alpha value is -1.60. The maximum atomic E-state index is 12.9. The Bertz CT molecular complexity index is 542. The zero-order chi connectivity index (χ0) is 17.0. The number of likely N-dealkylation sites (N-methyl/N-ethyl adjacent to an activating group) is 1. The van der Waals surface area contributed by atoms with Crippen molar-refractivity contribution in [1.82, 2.24) is 10.2 Å². The van der Waals surface area contributed by atoms with Gasteiger partial charge in [0.25, 0.3) is 0 Å². The molecule has 1 aromatic carbocycles. The molecule has 0 radical (unpaired) electrons. The Morgan fingerprint density at radius 3 is 2.57 bits per heavy atom. The van der Waals surface area contributed by atoms with Gasteiger partial charge in [-0.1, -0.05) is 25.1 Å². The van der Waals surface area contributed by atoms with Crippen LogP contribution in [0.15, 0.2) is 24.3 Å². The number of aliphatic carboxylic acids is 1. The Morgan fingerprint density at radius 2 is 2.00 bits per heavy atom. The van der Waals surface area contributed by atoms with Gasteiger partial charge in [-0.25, -0.2) is 0 Å². The predicted molar refractivity (Wildman–Crippen MR) is 80.0 cm³/mol. The molecule has 0 atom stereocenters. The molecular weight excluding hydrogens is 309 g/mol. The van der Waals surface area contributed by atoms with Crippen molar-refractivity contribution in [2.45, 2.75) is 44.6 Å². The summed E-state index contributed by atoms with van der Waals surface area (Å²) in [4.78, 5) is 12.7. The monoisotopic (exact) mass is 330 g/mol. The van der Waals surface area contributed by atoms with E-state index in [1.807, 2.05) is 11.8 Å². The lowest BCUT2D eigenvalue weighted by molar-refractivity contribution is -0.139. The SMILES string of the molecule is CCN(CC(=O)O)C1CC(NCc2ccccc2C(F)(F)F)C1. The minimum atomic E-state index is -4.35. The van der Waals surface area contributed by atoms with Crippen molar-refractivity contribution in [2.75, 3.05) is 13.1 Å². The van der Waals surface area contributed by atoms with E-state index in [-0.39, 0.29) is 30.7 Å². The van der Waals surface area contributed by atoms with Crippen LogP contribution in [0.2, 0.25) is 0 Å². The number of carboxylic acids is 1. The van der Waals surface area contributed by atoms with Crippen LogP contribution in [0.1, 0.15) is 30.9 Å². The molecule has 0 saturated heterocycles. The van der Waals surface area contributed by atoms with Crippen LogP contribution in [-0.4, -0.2) is 41.1 Å². The fraction of sp³-hybridized carbons (Fsp3) is 0.562. The van der Waals surface area contributed by atoms with Crippen molar-refractivity contribution in [3.8, 4) is 0 Å². The lowest BCUT2D eigenvalue weighted by Crippen LogP contribution is -2.53. The van der Waals surface area contributed by atoms with E-state index in [9.17, 15) is 18.0 Å². The summed E-state index contributed by atoms with van der Waals surface area (Å²) in [6.07, 6.45) is -2.83. The number of nitrogens with one attached hydrogen (secondary N) is 1. The van der Waals surface area contributed by atoms with Gasteiger partial charge in [0.1, 0.15) is 0 Å². The summed E-state index contributed by atoms with van der Waals surface area (Å²) in [6.45, 7) is 2.73. The van der Waals surface area contributed by atoms with Crippen molar-refractivity contribution in [2.24, 2.45) is 0 Å². The van der Waals surface area contributed by atoms with Crippen LogP contribution in [0.4, 0.5) is 13.2 Å². The van der Waals surface area contributed by atoms with Gasteiger partial charge in [-0.05, 0) is 31.0 Å². The summed E-state index contributed by atoms with van der Waals surface area (Å²) in [7, 11) is 0. The number of alkyl halides is 3. The molecule has 0 amide bonds. The van der Waals surface area contributed by atoms with E-state index >= 15 is 0 Å². The molecule has 23 heavy (non-hydrogen) atoms. The Morgan fingerprint density at radius 1 is 1.35 bits per heavy atom. The van der Waals surface area contributed by atoms with Gasteiger partial charge < -0.3 is 10.4 Å². The summed E-state index contributed by atoms with van der Waals surface area (Å²) < 4.78 is 38.7. The number of halogens is 3. The van der Waals surface area contributed by atoms with Crippen molar-refractivity contribution >= 4 is 5.97 Å². The number of hydrogen-bond acceptors (Lipinski definition) is 3. The molecule has 4 nitrogen and oxygen atoms in total. The van der Waals surface area contributed by atoms with Gasteiger partial charge >= 0.3 is 12.1 Å². The third kappa shape index (κ3) is 4.68. The standard InChI is InChI=1S/C16H21F3N2O2/c1-2-21(10-15(22)23)13-7-12(8-13)20-9-11-5-3-4-6-14(11)16(17,18)19/h3-6,12-13,20H,2,7-10H2,1H3,(H,22,23). The third-order valence-electron chi connectivity index (χ3n) is 4.28. The number of carbonyl (C=O) groups is 1. The lowest BCUT2D eigenvalue weighted by Gasteiger charge is -2.42. The number of hydrogen-bond donors (Lipinski definition) is 2. The van der Waals surface area contributed by atoms with Crippen LogP contribution in [0.25, 0.3) is 0 Å². The highest BCUT2D eigenvalue weighted by Crippen LogP contribution is 2.32. The van der Waals surface area contributed by atoms with E-state index in [4.69, 9.17) is 5.11 Å². The average molecular weight is 330 g/mol. The van der Waals surface area contributed by atoms with Crippen molar-refractivity contribution < 1.29 is 23.1 Å². The summed E-state index contributed by atoms with van der Waals surface area (Å²) >= 11 is 0. The largest absolute Gasteiger partial charge is 0.480 e. The average Bonchev–Trinajstić information content (AvgIpc) is 2.43. The van der Waals surface area contributed by atoms with Crippen LogP contribution in [0, 0.1) is 0 Å². The van der Waals surface area contributed by atoms with Gasteiger partial charge in [-0.2, -0.15) is 13.2 Å². The molecule has 1 aromatic rings. The van der Waals surface area contributed by atoms with Gasteiger partial charge in [0.15, 0.2) is 0 Å². The zero-order valence-electron chi connectivity index (χ0n) is 12.9. The minimum absolute atomic E-state index is 0.00476. The molecule has 128 valence electrons. The second-order valence-corrected chi connectivity index (χ2v) is 5.81. The first-order valence-electron chi connectivity index (χ1n) is 7.65. The molecule has 1 fully saturated rings. The normalized spacial score (nSPS) is 21.3. The number of carboxylic acid groups (broad SMARTS) is 1. The van der Waals surface area contributed by atoms with Crippen LogP contribution < -0.4 is 5.32 Å². The highest BCUT2D eigenvalue weighted by atomic mass is 19.4. The molecule has 0 heterocycles. The summed E-state index contributed by atoms with van der Waals surface area (Å²) in [5, 5.41) is 12.0. The van der Waals surface area contributed by atoms with Gasteiger partial charge in [0, 0.05) is 18.6 Å². The first-order valence-corrected chi connectivity index (χ1v) is 7.65. The smallest absolute Gasteiger partial charge is 0.416 e. The van der Waals surface area contributed by atoms with E-state index in [2.05, 4.69) is 5.32 Å².